The van der Waals surface area contributed by atoms with Crippen molar-refractivity contribution in [3.05, 3.63) is 17.8 Å². The standard InChI is InChI=1S/C8H12N2O2/c9-5-7(11)6-1-2-8-10(6)3-4-12-8/h1-2,7,11H,3-5,9H2. The zero-order chi connectivity index (χ0) is 8.55. The van der Waals surface area contributed by atoms with Crippen LogP contribution in [-0.2, 0) is 6.54 Å². The van der Waals surface area contributed by atoms with Crippen molar-refractivity contribution in [3.8, 4) is 5.88 Å². The molecule has 12 heavy (non-hydrogen) atoms. The average Bonchev–Trinajstić information content (AvgIpc) is 2.62. The van der Waals surface area contributed by atoms with Crippen molar-refractivity contribution in [2.45, 2.75) is 12.6 Å². The molecule has 0 amide bonds. The molecule has 0 radical (unpaired) electrons. The molecule has 0 spiro atoms. The van der Waals surface area contributed by atoms with E-state index in [1.54, 1.807) is 0 Å². The van der Waals surface area contributed by atoms with Gasteiger partial charge in [-0.3, -0.25) is 0 Å². The number of rotatable bonds is 2. The molecule has 1 unspecified atom stereocenters. The van der Waals surface area contributed by atoms with Gasteiger partial charge in [0.25, 0.3) is 0 Å². The van der Waals surface area contributed by atoms with Gasteiger partial charge >= 0.3 is 0 Å². The molecule has 1 atom stereocenters. The number of aromatic nitrogens is 1. The van der Waals surface area contributed by atoms with Gasteiger partial charge in [-0.25, -0.2) is 0 Å². The lowest BCUT2D eigenvalue weighted by Gasteiger charge is -2.08. The fraction of sp³-hybridized carbons (Fsp3) is 0.500. The van der Waals surface area contributed by atoms with E-state index in [4.69, 9.17) is 10.5 Å². The van der Waals surface area contributed by atoms with Crippen LogP contribution in [0.1, 0.15) is 11.8 Å². The summed E-state index contributed by atoms with van der Waals surface area (Å²) in [7, 11) is 0. The third kappa shape index (κ3) is 1.00. The number of fused-ring (bicyclic) bond motifs is 1. The first-order valence-corrected chi connectivity index (χ1v) is 4.03. The molecule has 0 saturated carbocycles. The van der Waals surface area contributed by atoms with Crippen LogP contribution in [0.3, 0.4) is 0 Å². The zero-order valence-corrected chi connectivity index (χ0v) is 6.73. The van der Waals surface area contributed by atoms with Gasteiger partial charge < -0.3 is 20.1 Å². The summed E-state index contributed by atoms with van der Waals surface area (Å²) in [4.78, 5) is 0. The number of aliphatic hydroxyl groups excluding tert-OH is 1. The first-order chi connectivity index (χ1) is 5.83. The Balaban J connectivity index is 2.33. The van der Waals surface area contributed by atoms with Gasteiger partial charge in [0.1, 0.15) is 12.7 Å². The van der Waals surface area contributed by atoms with Gasteiger partial charge in [-0.2, -0.15) is 0 Å². The lowest BCUT2D eigenvalue weighted by atomic mass is 10.2. The summed E-state index contributed by atoms with van der Waals surface area (Å²) in [5.41, 5.74) is 6.21. The van der Waals surface area contributed by atoms with Crippen LogP contribution in [-0.4, -0.2) is 22.8 Å². The van der Waals surface area contributed by atoms with Crippen molar-refractivity contribution in [2.24, 2.45) is 5.73 Å². The largest absolute Gasteiger partial charge is 0.477 e. The van der Waals surface area contributed by atoms with Gasteiger partial charge in [0.15, 0.2) is 5.88 Å². The highest BCUT2D eigenvalue weighted by atomic mass is 16.5. The molecule has 0 fully saturated rings. The third-order valence-corrected chi connectivity index (χ3v) is 2.10. The second kappa shape index (κ2) is 2.80. The number of ether oxygens (including phenoxy) is 1. The normalized spacial score (nSPS) is 17.2. The molecule has 4 heteroatoms. The van der Waals surface area contributed by atoms with E-state index >= 15 is 0 Å². The van der Waals surface area contributed by atoms with E-state index in [1.807, 2.05) is 16.7 Å². The van der Waals surface area contributed by atoms with Gasteiger partial charge in [-0.15, -0.1) is 0 Å². The second-order valence-corrected chi connectivity index (χ2v) is 2.85. The minimum atomic E-state index is -0.569. The molecule has 2 rings (SSSR count). The number of nitrogens with two attached hydrogens (primary N) is 1. The van der Waals surface area contributed by atoms with Gasteiger partial charge in [0, 0.05) is 12.6 Å². The van der Waals surface area contributed by atoms with E-state index in [0.717, 1.165) is 18.1 Å². The molecule has 1 aromatic heterocycles. The minimum absolute atomic E-state index is 0.253. The maximum absolute atomic E-state index is 9.48. The molecular formula is C8H12N2O2. The van der Waals surface area contributed by atoms with Crippen LogP contribution in [0.5, 0.6) is 5.88 Å². The van der Waals surface area contributed by atoms with Crippen LogP contribution < -0.4 is 10.5 Å². The van der Waals surface area contributed by atoms with E-state index in [0.29, 0.717) is 6.61 Å². The SMILES string of the molecule is NCC(O)c1ccc2n1CCO2. The molecule has 1 aromatic rings. The van der Waals surface area contributed by atoms with Crippen molar-refractivity contribution < 1.29 is 9.84 Å². The Morgan fingerprint density at radius 1 is 1.67 bits per heavy atom. The first-order valence-electron chi connectivity index (χ1n) is 4.03. The summed E-state index contributed by atoms with van der Waals surface area (Å²) in [5, 5.41) is 9.48. The van der Waals surface area contributed by atoms with Gasteiger partial charge in [0.2, 0.25) is 0 Å². The van der Waals surface area contributed by atoms with Crippen LogP contribution >= 0.6 is 0 Å². The predicted molar refractivity (Wildman–Crippen MR) is 43.9 cm³/mol. The number of aliphatic hydroxyl groups is 1. The highest BCUT2D eigenvalue weighted by molar-refractivity contribution is 5.25. The highest BCUT2D eigenvalue weighted by Gasteiger charge is 2.18. The summed E-state index contributed by atoms with van der Waals surface area (Å²) in [6.45, 7) is 1.76. The van der Waals surface area contributed by atoms with Crippen molar-refractivity contribution in [2.75, 3.05) is 13.2 Å². The lowest BCUT2D eigenvalue weighted by Crippen LogP contribution is -2.15. The summed E-state index contributed by atoms with van der Waals surface area (Å²) >= 11 is 0. The van der Waals surface area contributed by atoms with Crippen LogP contribution in [0.15, 0.2) is 12.1 Å². The molecular weight excluding hydrogens is 156 g/mol. The molecule has 0 saturated heterocycles. The zero-order valence-electron chi connectivity index (χ0n) is 6.73. The van der Waals surface area contributed by atoms with E-state index in [2.05, 4.69) is 0 Å². The Labute approximate surface area is 70.6 Å². The van der Waals surface area contributed by atoms with Crippen molar-refractivity contribution in [3.63, 3.8) is 0 Å². The van der Waals surface area contributed by atoms with Crippen LogP contribution in [0, 0.1) is 0 Å². The van der Waals surface area contributed by atoms with Crippen molar-refractivity contribution in [1.29, 1.82) is 0 Å². The number of nitrogens with zero attached hydrogens (tertiary/aromatic N) is 1. The third-order valence-electron chi connectivity index (χ3n) is 2.10. The molecule has 66 valence electrons. The maximum atomic E-state index is 9.48. The van der Waals surface area contributed by atoms with E-state index in [9.17, 15) is 5.11 Å². The second-order valence-electron chi connectivity index (χ2n) is 2.85. The van der Waals surface area contributed by atoms with E-state index in [-0.39, 0.29) is 6.54 Å². The molecule has 1 aliphatic heterocycles. The van der Waals surface area contributed by atoms with E-state index in [1.165, 1.54) is 0 Å². The average molecular weight is 168 g/mol. The first kappa shape index (κ1) is 7.64. The monoisotopic (exact) mass is 168 g/mol. The van der Waals surface area contributed by atoms with Crippen LogP contribution in [0.4, 0.5) is 0 Å². The Morgan fingerprint density at radius 2 is 2.50 bits per heavy atom. The molecule has 0 aliphatic carbocycles. The predicted octanol–water partition coefficient (Wildman–Crippen LogP) is -0.127. The fourth-order valence-electron chi connectivity index (χ4n) is 1.48. The van der Waals surface area contributed by atoms with Crippen molar-refractivity contribution in [1.82, 2.24) is 4.57 Å². The summed E-state index contributed by atoms with van der Waals surface area (Å²) in [6.07, 6.45) is -0.569. The summed E-state index contributed by atoms with van der Waals surface area (Å²) in [5.74, 6) is 0.831. The van der Waals surface area contributed by atoms with Gasteiger partial charge in [-0.05, 0) is 6.07 Å². The fourth-order valence-corrected chi connectivity index (χ4v) is 1.48. The molecule has 4 nitrogen and oxygen atoms in total. The molecule has 0 aromatic carbocycles. The molecule has 1 aliphatic rings. The van der Waals surface area contributed by atoms with Crippen LogP contribution in [0.25, 0.3) is 0 Å². The smallest absolute Gasteiger partial charge is 0.193 e. The quantitative estimate of drug-likeness (QED) is 0.646. The Bertz CT molecular complexity index is 283. The molecule has 2 heterocycles. The Hall–Kier alpha value is -1.00. The summed E-state index contributed by atoms with van der Waals surface area (Å²) < 4.78 is 7.24. The van der Waals surface area contributed by atoms with Crippen molar-refractivity contribution >= 4 is 0 Å². The highest BCUT2D eigenvalue weighted by Crippen LogP contribution is 2.25. The topological polar surface area (TPSA) is 60.4 Å². The van der Waals surface area contributed by atoms with E-state index < -0.39 is 6.10 Å². The number of hydrogen-bond donors (Lipinski definition) is 2. The number of hydrogen-bond acceptors (Lipinski definition) is 3. The molecule has 3 N–H and O–H groups in total. The maximum Gasteiger partial charge on any atom is 0.193 e. The minimum Gasteiger partial charge on any atom is -0.477 e. The summed E-state index contributed by atoms with van der Waals surface area (Å²) in [6, 6.07) is 3.72. The Morgan fingerprint density at radius 3 is 3.25 bits per heavy atom. The Kier molecular flexibility index (Phi) is 1.78. The lowest BCUT2D eigenvalue weighted by molar-refractivity contribution is 0.177. The van der Waals surface area contributed by atoms with Gasteiger partial charge in [-0.1, -0.05) is 0 Å². The van der Waals surface area contributed by atoms with Gasteiger partial charge in [0.05, 0.1) is 12.2 Å². The van der Waals surface area contributed by atoms with Crippen LogP contribution in [0.2, 0.25) is 0 Å². The molecule has 0 bridgehead atoms.